The number of ether oxygens (including phenoxy) is 2. The van der Waals surface area contributed by atoms with Crippen LogP contribution in [-0.2, 0) is 16.6 Å². The Balaban J connectivity index is 1.24. The van der Waals surface area contributed by atoms with Crippen LogP contribution < -0.4 is 15.4 Å². The maximum atomic E-state index is 14.4. The third-order valence-electron chi connectivity index (χ3n) is 9.64. The largest absolute Gasteiger partial charge is 0.461 e. The minimum atomic E-state index is -0.882. The molecule has 0 radical (unpaired) electrons. The molecule has 0 spiro atoms. The van der Waals surface area contributed by atoms with E-state index in [2.05, 4.69) is 26.1 Å². The Morgan fingerprint density at radius 2 is 2.05 bits per heavy atom. The highest BCUT2D eigenvalue weighted by Crippen LogP contribution is 2.48. The molecule has 0 bridgehead atoms. The maximum absolute atomic E-state index is 14.4. The van der Waals surface area contributed by atoms with Crippen molar-refractivity contribution in [3.05, 3.63) is 21.9 Å². The molecule has 234 valence electrons. The number of fused-ring (bicyclic) bond motifs is 2. The molecule has 13 nitrogen and oxygen atoms in total. The van der Waals surface area contributed by atoms with E-state index < -0.39 is 17.2 Å². The molecule has 0 amide bonds. The summed E-state index contributed by atoms with van der Waals surface area (Å²) in [6, 6.07) is 2.35. The van der Waals surface area contributed by atoms with E-state index in [0.29, 0.717) is 61.5 Å². The number of aromatic nitrogens is 5. The van der Waals surface area contributed by atoms with Gasteiger partial charge in [0.05, 0.1) is 36.3 Å². The molecular formula is C29H36FN9O4S. The van der Waals surface area contributed by atoms with Gasteiger partial charge in [0.25, 0.3) is 0 Å². The van der Waals surface area contributed by atoms with Gasteiger partial charge in [0, 0.05) is 30.0 Å². The lowest BCUT2D eigenvalue weighted by atomic mass is 9.72. The van der Waals surface area contributed by atoms with Gasteiger partial charge in [0.2, 0.25) is 23.5 Å². The van der Waals surface area contributed by atoms with Gasteiger partial charge in [-0.15, -0.1) is 11.3 Å². The lowest BCUT2D eigenvalue weighted by Crippen LogP contribution is -2.52. The zero-order valence-electron chi connectivity index (χ0n) is 24.9. The van der Waals surface area contributed by atoms with Crippen LogP contribution in [0.25, 0.3) is 11.6 Å². The molecule has 3 N–H and O–H groups in total. The molecule has 7 rings (SSSR count). The molecule has 44 heavy (non-hydrogen) atoms. The van der Waals surface area contributed by atoms with Crippen molar-refractivity contribution in [3.8, 4) is 23.7 Å². The zero-order chi connectivity index (χ0) is 30.7. The number of nitriles is 1. The summed E-state index contributed by atoms with van der Waals surface area (Å²) in [7, 11) is 0. The number of morpholine rings is 1. The number of nitrogens with zero attached hydrogens (tertiary/aromatic N) is 8. The molecule has 15 heteroatoms. The number of hydrogen-bond donors (Lipinski definition) is 2. The van der Waals surface area contributed by atoms with E-state index in [0.717, 1.165) is 42.7 Å². The molecule has 3 aromatic rings. The number of aliphatic hydroxyl groups is 1. The Morgan fingerprint density at radius 3 is 2.86 bits per heavy atom. The predicted octanol–water partition coefficient (Wildman–Crippen LogP) is 2.62. The van der Waals surface area contributed by atoms with Gasteiger partial charge in [0.15, 0.2) is 0 Å². The molecule has 4 atom stereocenters. The summed E-state index contributed by atoms with van der Waals surface area (Å²) < 4.78 is 32.3. The minimum absolute atomic E-state index is 0.0839. The van der Waals surface area contributed by atoms with Crippen molar-refractivity contribution >= 4 is 22.3 Å². The predicted molar refractivity (Wildman–Crippen MR) is 158 cm³/mol. The van der Waals surface area contributed by atoms with Crippen molar-refractivity contribution in [1.29, 1.82) is 5.26 Å². The molecule has 0 saturated carbocycles. The summed E-state index contributed by atoms with van der Waals surface area (Å²) in [5.74, 6) is 1.01. The first kappa shape index (κ1) is 29.3. The van der Waals surface area contributed by atoms with Gasteiger partial charge < -0.3 is 29.7 Å². The van der Waals surface area contributed by atoms with Gasteiger partial charge in [0.1, 0.15) is 29.4 Å². The molecule has 6 heterocycles. The van der Waals surface area contributed by atoms with E-state index in [-0.39, 0.29) is 36.4 Å². The Labute approximate surface area is 258 Å². The second-order valence-electron chi connectivity index (χ2n) is 12.8. The van der Waals surface area contributed by atoms with Gasteiger partial charge in [-0.25, -0.2) is 4.39 Å². The number of hydrogen-bond acceptors (Lipinski definition) is 14. The van der Waals surface area contributed by atoms with Crippen LogP contribution in [0, 0.1) is 11.3 Å². The van der Waals surface area contributed by atoms with E-state index >= 15 is 0 Å². The van der Waals surface area contributed by atoms with Gasteiger partial charge in [-0.3, -0.25) is 4.90 Å². The number of nitrogen functional groups attached to an aromatic ring is 1. The first-order valence-corrected chi connectivity index (χ1v) is 15.9. The fourth-order valence-electron chi connectivity index (χ4n) is 7.34. The van der Waals surface area contributed by atoms with Gasteiger partial charge in [-0.2, -0.15) is 25.2 Å². The van der Waals surface area contributed by atoms with Crippen LogP contribution >= 0.6 is 11.3 Å². The lowest BCUT2D eigenvalue weighted by Gasteiger charge is -2.39. The highest BCUT2D eigenvalue weighted by atomic mass is 32.1. The molecule has 3 fully saturated rings. The molecule has 3 aliphatic heterocycles. The number of rotatable bonds is 7. The summed E-state index contributed by atoms with van der Waals surface area (Å²) in [4.78, 5) is 23.8. The van der Waals surface area contributed by atoms with Crippen molar-refractivity contribution in [1.82, 2.24) is 30.0 Å². The van der Waals surface area contributed by atoms with Crippen LogP contribution in [0.5, 0.6) is 6.01 Å². The summed E-state index contributed by atoms with van der Waals surface area (Å²) >= 11 is 1.44. The van der Waals surface area contributed by atoms with E-state index in [1.165, 1.54) is 11.3 Å². The van der Waals surface area contributed by atoms with Crippen molar-refractivity contribution in [2.24, 2.45) is 0 Å². The molecule has 3 saturated heterocycles. The third-order valence-corrected chi connectivity index (χ3v) is 10.7. The van der Waals surface area contributed by atoms with Crippen LogP contribution in [0.15, 0.2) is 4.52 Å². The summed E-state index contributed by atoms with van der Waals surface area (Å²) in [6.07, 6.45) is 3.82. The first-order valence-electron chi connectivity index (χ1n) is 15.1. The SMILES string of the molecule is C[C@]1(CO)CN(c2nc(OC[C@@]34CCCN3C[C@H](F)C4)nc(-c3noc([C@@]4(C)CCCc5sc(N)c(C#N)c54)n3)n2)CCO1. The number of thiophene rings is 1. The number of aliphatic hydroxyl groups excluding tert-OH is 1. The highest BCUT2D eigenvalue weighted by Gasteiger charge is 2.49. The Bertz CT molecular complexity index is 1610. The first-order chi connectivity index (χ1) is 21.1. The smallest absolute Gasteiger partial charge is 0.321 e. The number of alkyl halides is 1. The Kier molecular flexibility index (Phi) is 7.23. The fraction of sp³-hybridized carbons (Fsp3) is 0.655. The van der Waals surface area contributed by atoms with Crippen LogP contribution in [0.4, 0.5) is 15.3 Å². The van der Waals surface area contributed by atoms with Crippen molar-refractivity contribution < 1.29 is 23.5 Å². The standard InChI is InChI=1S/C29H36FN9O4S/c1-27(15-40)14-38(9-10-42-27)25-34-22(35-26(36-25)41-16-29-7-4-8-39(29)13-17(30)11-29)23-33-24(43-37-23)28(2)6-3-5-19-20(28)18(12-31)21(32)44-19/h17,40H,3-11,13-16,32H2,1-2H3/t17-,27-,28+,29+/m1/s1. The summed E-state index contributed by atoms with van der Waals surface area (Å²) in [6.45, 7) is 6.40. The topological polar surface area (TPSA) is 173 Å². The highest BCUT2D eigenvalue weighted by molar-refractivity contribution is 7.16. The van der Waals surface area contributed by atoms with E-state index in [4.69, 9.17) is 29.7 Å². The van der Waals surface area contributed by atoms with Crippen LogP contribution in [0.3, 0.4) is 0 Å². The number of aryl methyl sites for hydroxylation is 1. The molecule has 4 aliphatic rings. The van der Waals surface area contributed by atoms with Gasteiger partial charge >= 0.3 is 6.01 Å². The zero-order valence-corrected chi connectivity index (χ0v) is 25.7. The average Bonchev–Trinajstić information content (AvgIpc) is 3.78. The van der Waals surface area contributed by atoms with Crippen molar-refractivity contribution in [3.63, 3.8) is 0 Å². The van der Waals surface area contributed by atoms with Gasteiger partial charge in [-0.1, -0.05) is 5.16 Å². The van der Waals surface area contributed by atoms with Crippen LogP contribution in [0.1, 0.15) is 67.8 Å². The average molecular weight is 626 g/mol. The van der Waals surface area contributed by atoms with Crippen molar-refractivity contribution in [2.75, 3.05) is 56.6 Å². The Morgan fingerprint density at radius 1 is 1.18 bits per heavy atom. The second kappa shape index (κ2) is 10.9. The molecule has 0 aromatic carbocycles. The minimum Gasteiger partial charge on any atom is -0.461 e. The van der Waals surface area contributed by atoms with Crippen LogP contribution in [0.2, 0.25) is 0 Å². The molecule has 1 aliphatic carbocycles. The van der Waals surface area contributed by atoms with E-state index in [9.17, 15) is 14.8 Å². The summed E-state index contributed by atoms with van der Waals surface area (Å²) in [5.41, 5.74) is 5.66. The van der Waals surface area contributed by atoms with Crippen LogP contribution in [-0.4, -0.2) is 98.4 Å². The number of anilines is 2. The quantitative estimate of drug-likeness (QED) is 0.393. The maximum Gasteiger partial charge on any atom is 0.321 e. The van der Waals surface area contributed by atoms with E-state index in [1.54, 1.807) is 0 Å². The van der Waals surface area contributed by atoms with Crippen molar-refractivity contribution in [2.45, 2.75) is 75.1 Å². The lowest BCUT2D eigenvalue weighted by molar-refractivity contribution is -0.0747. The molecule has 0 unspecified atom stereocenters. The number of halogens is 1. The molecule has 3 aromatic heterocycles. The summed E-state index contributed by atoms with van der Waals surface area (Å²) in [5, 5.41) is 24.6. The Hall–Kier alpha value is -3.45. The second-order valence-corrected chi connectivity index (χ2v) is 14.0. The molecular weight excluding hydrogens is 589 g/mol. The normalized spacial score (nSPS) is 30.2. The number of nitrogens with two attached hydrogens (primary N) is 1. The van der Waals surface area contributed by atoms with E-state index in [1.807, 2.05) is 18.7 Å². The van der Waals surface area contributed by atoms with Gasteiger partial charge in [-0.05, 0) is 52.5 Å². The monoisotopic (exact) mass is 625 g/mol. The third kappa shape index (κ3) is 4.88. The fourth-order valence-corrected chi connectivity index (χ4v) is 8.54.